The predicted octanol–water partition coefficient (Wildman–Crippen LogP) is 1.12. The standard InChI is InChI=1S/C25H32N2O6/c28-11-10-26-24(30)18-13-19(22(29)23-21(18)17-8-1-2-9-20(17)33-23)27(14-16-7-4-12-32-16)25(31)15-5-3-6-15/h1-2,8-9,13,15-16,19,21-23,28-29H,3-7,10-12,14H2,(H,26,30)/t16-,19+,21-,22-,23-/m0/s1. The van der Waals surface area contributed by atoms with E-state index in [2.05, 4.69) is 5.32 Å². The lowest BCUT2D eigenvalue weighted by Crippen LogP contribution is -2.58. The van der Waals surface area contributed by atoms with E-state index in [0.717, 1.165) is 37.7 Å². The molecule has 0 aromatic heterocycles. The summed E-state index contributed by atoms with van der Waals surface area (Å²) in [5.41, 5.74) is 1.31. The van der Waals surface area contributed by atoms with Gasteiger partial charge in [-0.2, -0.15) is 0 Å². The molecule has 2 heterocycles. The average Bonchev–Trinajstić information content (AvgIpc) is 3.43. The Labute approximate surface area is 193 Å². The molecule has 5 rings (SSSR count). The number of carbonyl (C=O) groups excluding carboxylic acids is 2. The van der Waals surface area contributed by atoms with Gasteiger partial charge in [-0.1, -0.05) is 24.6 Å². The van der Waals surface area contributed by atoms with Crippen molar-refractivity contribution in [1.82, 2.24) is 10.2 Å². The maximum atomic E-state index is 13.5. The van der Waals surface area contributed by atoms with Crippen molar-refractivity contribution in [2.24, 2.45) is 5.92 Å². The Hall–Kier alpha value is -2.42. The van der Waals surface area contributed by atoms with Crippen LogP contribution in [0, 0.1) is 5.92 Å². The molecule has 1 saturated heterocycles. The number of benzene rings is 1. The molecule has 1 saturated carbocycles. The van der Waals surface area contributed by atoms with Gasteiger partial charge in [-0.15, -0.1) is 0 Å². The van der Waals surface area contributed by atoms with Gasteiger partial charge >= 0.3 is 0 Å². The number of rotatable bonds is 7. The minimum Gasteiger partial charge on any atom is -0.486 e. The van der Waals surface area contributed by atoms with Crippen molar-refractivity contribution in [1.29, 1.82) is 0 Å². The number of hydrogen-bond donors (Lipinski definition) is 3. The highest BCUT2D eigenvalue weighted by molar-refractivity contribution is 5.96. The van der Waals surface area contributed by atoms with Crippen LogP contribution in [-0.2, 0) is 14.3 Å². The number of aliphatic hydroxyl groups is 2. The van der Waals surface area contributed by atoms with Crippen molar-refractivity contribution < 1.29 is 29.3 Å². The molecule has 2 aliphatic carbocycles. The Morgan fingerprint density at radius 1 is 1.15 bits per heavy atom. The van der Waals surface area contributed by atoms with Crippen LogP contribution in [0.1, 0.15) is 43.6 Å². The monoisotopic (exact) mass is 456 g/mol. The lowest BCUT2D eigenvalue weighted by Gasteiger charge is -2.43. The number of fused-ring (bicyclic) bond motifs is 3. The van der Waals surface area contributed by atoms with E-state index in [-0.39, 0.29) is 37.0 Å². The molecule has 8 nitrogen and oxygen atoms in total. The zero-order valence-corrected chi connectivity index (χ0v) is 18.7. The summed E-state index contributed by atoms with van der Waals surface area (Å²) in [6.07, 6.45) is 4.59. The molecule has 0 spiro atoms. The smallest absolute Gasteiger partial charge is 0.247 e. The van der Waals surface area contributed by atoms with Gasteiger partial charge in [0.15, 0.2) is 0 Å². The fourth-order valence-corrected chi connectivity index (χ4v) is 5.45. The number of nitrogens with zero attached hydrogens (tertiary/aromatic N) is 1. The molecule has 2 fully saturated rings. The molecule has 33 heavy (non-hydrogen) atoms. The van der Waals surface area contributed by atoms with E-state index in [0.29, 0.717) is 24.5 Å². The van der Waals surface area contributed by atoms with E-state index in [4.69, 9.17) is 9.47 Å². The van der Waals surface area contributed by atoms with Gasteiger partial charge in [0, 0.05) is 36.8 Å². The Morgan fingerprint density at radius 3 is 2.67 bits per heavy atom. The first kappa shape index (κ1) is 22.4. The molecule has 3 N–H and O–H groups in total. The highest BCUT2D eigenvalue weighted by atomic mass is 16.5. The van der Waals surface area contributed by atoms with E-state index in [1.54, 1.807) is 11.0 Å². The van der Waals surface area contributed by atoms with E-state index in [9.17, 15) is 19.8 Å². The van der Waals surface area contributed by atoms with Gasteiger partial charge in [-0.3, -0.25) is 9.59 Å². The number of ether oxygens (including phenoxy) is 2. The maximum absolute atomic E-state index is 13.5. The van der Waals surface area contributed by atoms with Crippen LogP contribution in [0.15, 0.2) is 35.9 Å². The molecule has 2 aliphatic heterocycles. The molecular formula is C25H32N2O6. The van der Waals surface area contributed by atoms with Gasteiger partial charge in [-0.05, 0) is 37.8 Å². The minimum absolute atomic E-state index is 0.0149. The lowest BCUT2D eigenvalue weighted by atomic mass is 9.76. The first-order chi connectivity index (χ1) is 16.1. The zero-order chi connectivity index (χ0) is 22.9. The largest absolute Gasteiger partial charge is 0.486 e. The molecule has 0 unspecified atom stereocenters. The molecule has 5 atom stereocenters. The highest BCUT2D eigenvalue weighted by Crippen LogP contribution is 2.47. The maximum Gasteiger partial charge on any atom is 0.247 e. The van der Waals surface area contributed by atoms with Gasteiger partial charge in [0.2, 0.25) is 11.8 Å². The van der Waals surface area contributed by atoms with Crippen molar-refractivity contribution >= 4 is 11.8 Å². The Balaban J connectivity index is 1.51. The van der Waals surface area contributed by atoms with Gasteiger partial charge < -0.3 is 29.9 Å². The first-order valence-electron chi connectivity index (χ1n) is 12.0. The van der Waals surface area contributed by atoms with Crippen molar-refractivity contribution in [2.45, 2.75) is 62.4 Å². The normalized spacial score (nSPS) is 30.5. The molecule has 178 valence electrons. The second kappa shape index (κ2) is 9.44. The van der Waals surface area contributed by atoms with Crippen LogP contribution < -0.4 is 10.1 Å². The number of aliphatic hydroxyl groups excluding tert-OH is 2. The molecule has 0 radical (unpaired) electrons. The number of nitrogens with one attached hydrogen (secondary N) is 1. The third kappa shape index (κ3) is 4.16. The number of amides is 2. The van der Waals surface area contributed by atoms with Gasteiger partial charge in [0.25, 0.3) is 0 Å². The van der Waals surface area contributed by atoms with Crippen LogP contribution in [0.25, 0.3) is 0 Å². The molecule has 4 aliphatic rings. The van der Waals surface area contributed by atoms with Crippen LogP contribution in [0.5, 0.6) is 5.75 Å². The van der Waals surface area contributed by atoms with Crippen molar-refractivity contribution in [3.05, 3.63) is 41.5 Å². The highest BCUT2D eigenvalue weighted by Gasteiger charge is 2.51. The molecule has 1 aromatic carbocycles. The van der Waals surface area contributed by atoms with Gasteiger partial charge in [0.1, 0.15) is 18.0 Å². The number of carbonyl (C=O) groups is 2. The molecule has 8 heteroatoms. The third-order valence-electron chi connectivity index (χ3n) is 7.40. The number of hydrogen-bond acceptors (Lipinski definition) is 6. The first-order valence-corrected chi connectivity index (χ1v) is 12.0. The third-order valence-corrected chi connectivity index (χ3v) is 7.40. The van der Waals surface area contributed by atoms with Gasteiger partial charge in [-0.25, -0.2) is 0 Å². The van der Waals surface area contributed by atoms with Crippen LogP contribution in [0.4, 0.5) is 0 Å². The predicted molar refractivity (Wildman–Crippen MR) is 120 cm³/mol. The molecule has 2 amide bonds. The molecular weight excluding hydrogens is 424 g/mol. The topological polar surface area (TPSA) is 108 Å². The summed E-state index contributed by atoms with van der Waals surface area (Å²) >= 11 is 0. The van der Waals surface area contributed by atoms with Crippen LogP contribution >= 0.6 is 0 Å². The van der Waals surface area contributed by atoms with Crippen LogP contribution in [0.3, 0.4) is 0 Å². The zero-order valence-electron chi connectivity index (χ0n) is 18.7. The Bertz CT molecular complexity index is 923. The Kier molecular flexibility index (Phi) is 6.40. The average molecular weight is 457 g/mol. The van der Waals surface area contributed by atoms with E-state index >= 15 is 0 Å². The summed E-state index contributed by atoms with van der Waals surface area (Å²) in [6, 6.07) is 6.80. The minimum atomic E-state index is -0.984. The van der Waals surface area contributed by atoms with Crippen LogP contribution in [-0.4, -0.2) is 77.6 Å². The van der Waals surface area contributed by atoms with Crippen molar-refractivity contribution in [3.63, 3.8) is 0 Å². The summed E-state index contributed by atoms with van der Waals surface area (Å²) in [5.74, 6) is -0.137. The van der Waals surface area contributed by atoms with E-state index in [1.807, 2.05) is 24.3 Å². The lowest BCUT2D eigenvalue weighted by molar-refractivity contribution is -0.146. The van der Waals surface area contributed by atoms with Crippen LogP contribution in [0.2, 0.25) is 0 Å². The van der Waals surface area contributed by atoms with E-state index in [1.165, 1.54) is 0 Å². The Morgan fingerprint density at radius 2 is 1.97 bits per heavy atom. The summed E-state index contributed by atoms with van der Waals surface area (Å²) < 4.78 is 12.0. The SMILES string of the molecule is O=C(NCCO)C1=C[C@@H](N(C[C@@H]2CCCO2)C(=O)C2CCC2)[C@H](O)[C@H]2Oc3ccccc3[C@@H]12. The fraction of sp³-hybridized carbons (Fsp3) is 0.600. The van der Waals surface area contributed by atoms with Crippen molar-refractivity contribution in [3.8, 4) is 5.75 Å². The summed E-state index contributed by atoms with van der Waals surface area (Å²) in [4.78, 5) is 28.3. The van der Waals surface area contributed by atoms with E-state index < -0.39 is 24.2 Å². The van der Waals surface area contributed by atoms with Crippen molar-refractivity contribution in [2.75, 3.05) is 26.3 Å². The second-order valence-corrected chi connectivity index (χ2v) is 9.43. The molecule has 0 bridgehead atoms. The summed E-state index contributed by atoms with van der Waals surface area (Å²) in [6.45, 7) is 1.03. The number of para-hydroxylation sites is 1. The second-order valence-electron chi connectivity index (χ2n) is 9.43. The fourth-order valence-electron chi connectivity index (χ4n) is 5.45. The summed E-state index contributed by atoms with van der Waals surface area (Å²) in [7, 11) is 0. The quantitative estimate of drug-likeness (QED) is 0.568. The van der Waals surface area contributed by atoms with Gasteiger partial charge in [0.05, 0.1) is 24.7 Å². The molecule has 1 aromatic rings. The summed E-state index contributed by atoms with van der Waals surface area (Å²) in [5, 5.41) is 23.4.